The van der Waals surface area contributed by atoms with Crippen molar-refractivity contribution in [3.05, 3.63) is 175 Å². The average Bonchev–Trinajstić information content (AvgIpc) is 3.59. The van der Waals surface area contributed by atoms with Crippen molar-refractivity contribution in [3.63, 3.8) is 0 Å². The summed E-state index contributed by atoms with van der Waals surface area (Å²) < 4.78 is 2.28. The quantitative estimate of drug-likeness (QED) is 0.169. The first-order valence-electron chi connectivity index (χ1n) is 21.5. The van der Waals surface area contributed by atoms with Crippen molar-refractivity contribution in [1.29, 1.82) is 0 Å². The molecule has 0 aliphatic rings. The molecule has 5 aromatic carbocycles. The monoisotopic (exact) mass is 1000 g/mol. The molecule has 1 N–H and O–H groups in total. The molecule has 0 aliphatic carbocycles. The molecule has 4 aromatic heterocycles. The number of benzene rings is 5. The van der Waals surface area contributed by atoms with Crippen LogP contribution in [0.4, 0.5) is 0 Å². The molecular weight excluding hydrogens is 952 g/mol. The van der Waals surface area contributed by atoms with Gasteiger partial charge in [-0.3, -0.25) is 14.5 Å². The van der Waals surface area contributed by atoms with Gasteiger partial charge in [0.1, 0.15) is 11.6 Å². The van der Waals surface area contributed by atoms with Crippen molar-refractivity contribution in [2.45, 2.75) is 78.6 Å². The van der Waals surface area contributed by atoms with E-state index in [1.807, 2.05) is 36.5 Å². The standard InChI is InChI=1S/C57H53N4O.Pt/c1-55(2,3)41-26-27-58-54(35-41)61-51-22-12-10-18-44(51)45-25-24-38(33-52(45)61)48-21-15-20-47(59-48)36-16-14-17-37(28-36)49-31-40(32-50(60-49)46-19-11-13-23-53(46)62)39-29-42(56(4,5)6)34-43(30-39)57(7,8)9;/h10-27,29-35,62H,1-9H3;/q-1;. The van der Waals surface area contributed by atoms with Gasteiger partial charge in [-0.15, -0.1) is 24.3 Å². The Balaban J connectivity index is 0.00000544. The maximum Gasteiger partial charge on any atom is 0.137 e. The number of rotatable bonds is 6. The first-order valence-corrected chi connectivity index (χ1v) is 21.5. The van der Waals surface area contributed by atoms with Gasteiger partial charge in [0.05, 0.1) is 22.4 Å². The molecule has 0 fully saturated rings. The van der Waals surface area contributed by atoms with Gasteiger partial charge < -0.3 is 5.11 Å². The summed E-state index contributed by atoms with van der Waals surface area (Å²) in [7, 11) is 0. The fourth-order valence-corrected chi connectivity index (χ4v) is 8.22. The van der Waals surface area contributed by atoms with Gasteiger partial charge in [0, 0.05) is 60.5 Å². The minimum atomic E-state index is -0.0462. The Hall–Kier alpha value is -6.16. The van der Waals surface area contributed by atoms with Crippen LogP contribution in [0.25, 0.3) is 83.8 Å². The van der Waals surface area contributed by atoms with E-state index in [-0.39, 0.29) is 43.1 Å². The second kappa shape index (κ2) is 16.5. The third-order valence-electron chi connectivity index (χ3n) is 11.9. The van der Waals surface area contributed by atoms with Crippen LogP contribution in [0.3, 0.4) is 0 Å². The van der Waals surface area contributed by atoms with Crippen molar-refractivity contribution in [2.75, 3.05) is 0 Å². The third kappa shape index (κ3) is 8.64. The van der Waals surface area contributed by atoms with Crippen molar-refractivity contribution >= 4 is 21.8 Å². The Labute approximate surface area is 386 Å². The van der Waals surface area contributed by atoms with E-state index in [0.717, 1.165) is 61.8 Å². The zero-order valence-electron chi connectivity index (χ0n) is 37.5. The molecule has 0 radical (unpaired) electrons. The van der Waals surface area contributed by atoms with E-state index in [9.17, 15) is 5.11 Å². The molecule has 0 saturated heterocycles. The molecule has 9 aromatic rings. The van der Waals surface area contributed by atoms with Crippen LogP contribution in [-0.4, -0.2) is 24.6 Å². The Morgan fingerprint density at radius 3 is 1.76 bits per heavy atom. The van der Waals surface area contributed by atoms with E-state index in [0.29, 0.717) is 11.3 Å². The van der Waals surface area contributed by atoms with Gasteiger partial charge in [0.15, 0.2) is 0 Å². The second-order valence-electron chi connectivity index (χ2n) is 19.6. The van der Waals surface area contributed by atoms with Gasteiger partial charge in [-0.1, -0.05) is 152 Å². The predicted molar refractivity (Wildman–Crippen MR) is 258 cm³/mol. The Kier molecular flexibility index (Phi) is 11.4. The van der Waals surface area contributed by atoms with Crippen LogP contribution in [0.2, 0.25) is 0 Å². The number of phenolic OH excluding ortho intramolecular Hbond substituents is 1. The number of pyridine rings is 3. The van der Waals surface area contributed by atoms with Gasteiger partial charge in [0.2, 0.25) is 0 Å². The number of hydrogen-bond donors (Lipinski definition) is 1. The number of aromatic nitrogens is 4. The van der Waals surface area contributed by atoms with Crippen molar-refractivity contribution in [3.8, 4) is 67.7 Å². The number of phenols is 1. The van der Waals surface area contributed by atoms with E-state index in [2.05, 4.69) is 182 Å². The summed E-state index contributed by atoms with van der Waals surface area (Å²) in [4.78, 5) is 15.3. The van der Waals surface area contributed by atoms with E-state index in [1.54, 1.807) is 6.07 Å². The second-order valence-corrected chi connectivity index (χ2v) is 19.6. The maximum atomic E-state index is 11.0. The SMILES string of the molecule is CC(C)(C)c1cc(-c2cc(-c3[c-]c(-c4cccc(-c5ccc6c7ccccc7n(-c7cc(C(C)(C)C)ccn7)c6c5)n4)ccc3)nc(-c3ccccc3O)c2)cc(C(C)(C)C)c1.[Pt]. The molecule has 63 heavy (non-hydrogen) atoms. The first kappa shape index (κ1) is 43.5. The summed E-state index contributed by atoms with van der Waals surface area (Å²) in [5, 5.41) is 13.4. The summed E-state index contributed by atoms with van der Waals surface area (Å²) in [5.74, 6) is 1.09. The zero-order valence-corrected chi connectivity index (χ0v) is 39.8. The molecule has 4 heterocycles. The molecule has 9 rings (SSSR count). The Morgan fingerprint density at radius 1 is 0.460 bits per heavy atom. The molecule has 0 aliphatic heterocycles. The van der Waals surface area contributed by atoms with E-state index >= 15 is 0 Å². The van der Waals surface area contributed by atoms with Gasteiger partial charge in [-0.2, -0.15) is 0 Å². The van der Waals surface area contributed by atoms with E-state index in [1.165, 1.54) is 27.5 Å². The largest absolute Gasteiger partial charge is 0.507 e. The van der Waals surface area contributed by atoms with E-state index in [4.69, 9.17) is 15.0 Å². The predicted octanol–water partition coefficient (Wildman–Crippen LogP) is 14.7. The van der Waals surface area contributed by atoms with Gasteiger partial charge in [-0.25, -0.2) is 4.98 Å². The normalized spacial score (nSPS) is 12.1. The van der Waals surface area contributed by atoms with Crippen LogP contribution >= 0.6 is 0 Å². The Morgan fingerprint density at radius 2 is 1.05 bits per heavy atom. The zero-order chi connectivity index (χ0) is 43.6. The molecule has 0 bridgehead atoms. The van der Waals surface area contributed by atoms with Crippen LogP contribution in [0.15, 0.2) is 152 Å². The van der Waals surface area contributed by atoms with Crippen LogP contribution in [-0.2, 0) is 37.3 Å². The summed E-state index contributed by atoms with van der Waals surface area (Å²) in [6.07, 6.45) is 1.92. The summed E-state index contributed by atoms with van der Waals surface area (Å²) in [6, 6.07) is 54.1. The molecule has 0 saturated carbocycles. The van der Waals surface area contributed by atoms with Crippen molar-refractivity contribution in [2.24, 2.45) is 0 Å². The number of nitrogens with zero attached hydrogens (tertiary/aromatic N) is 4. The minimum Gasteiger partial charge on any atom is -0.507 e. The summed E-state index contributed by atoms with van der Waals surface area (Å²) in [6.45, 7) is 20.3. The molecular formula is C57H53N4OPt-. The van der Waals surface area contributed by atoms with Gasteiger partial charge >= 0.3 is 0 Å². The van der Waals surface area contributed by atoms with Crippen LogP contribution < -0.4 is 0 Å². The topological polar surface area (TPSA) is 63.8 Å². The number of fused-ring (bicyclic) bond motifs is 3. The molecule has 0 amide bonds. The molecule has 318 valence electrons. The maximum absolute atomic E-state index is 11.0. The first-order chi connectivity index (χ1) is 29.5. The number of aromatic hydroxyl groups is 1. The molecule has 0 unspecified atom stereocenters. The summed E-state index contributed by atoms with van der Waals surface area (Å²) >= 11 is 0. The number of hydrogen-bond acceptors (Lipinski definition) is 4. The number of para-hydroxylation sites is 2. The molecule has 5 nitrogen and oxygen atoms in total. The van der Waals surface area contributed by atoms with Crippen LogP contribution in [0, 0.1) is 6.07 Å². The van der Waals surface area contributed by atoms with Crippen molar-refractivity contribution < 1.29 is 26.2 Å². The molecule has 6 heteroatoms. The average molecular weight is 1010 g/mol. The van der Waals surface area contributed by atoms with Crippen LogP contribution in [0.1, 0.15) is 79.0 Å². The minimum absolute atomic E-state index is 0. The van der Waals surface area contributed by atoms with Crippen molar-refractivity contribution in [1.82, 2.24) is 19.5 Å². The fraction of sp³-hybridized carbons (Fsp3) is 0.211. The smallest absolute Gasteiger partial charge is 0.137 e. The third-order valence-corrected chi connectivity index (χ3v) is 11.9. The molecule has 0 atom stereocenters. The van der Waals surface area contributed by atoms with Crippen LogP contribution in [0.5, 0.6) is 5.75 Å². The van der Waals surface area contributed by atoms with Gasteiger partial charge in [0.25, 0.3) is 0 Å². The molecule has 0 spiro atoms. The van der Waals surface area contributed by atoms with Gasteiger partial charge in [-0.05, 0) is 92.6 Å². The fourth-order valence-electron chi connectivity index (χ4n) is 8.22. The summed E-state index contributed by atoms with van der Waals surface area (Å²) in [5.41, 5.74) is 14.5. The Bertz CT molecular complexity index is 3130. The van der Waals surface area contributed by atoms with E-state index < -0.39 is 0 Å².